The molecule has 1 aliphatic heterocycles. The predicted octanol–water partition coefficient (Wildman–Crippen LogP) is 7.89. The quantitative estimate of drug-likeness (QED) is 0.191. The molecule has 0 radical (unpaired) electrons. The second-order valence-electron chi connectivity index (χ2n) is 9.45. The Morgan fingerprint density at radius 2 is 1.45 bits per heavy atom. The highest BCUT2D eigenvalue weighted by atomic mass is 32.1. The lowest BCUT2D eigenvalue weighted by Crippen LogP contribution is -2.64. The molecule has 1 atom stereocenters. The maximum atomic E-state index is 2.59. The number of thiophene rings is 3. The first-order valence-corrected chi connectivity index (χ1v) is 17.0. The first kappa shape index (κ1) is 23.5. The minimum atomic E-state index is -1.93. The molecule has 4 rings (SSSR count). The van der Waals surface area contributed by atoms with Crippen molar-refractivity contribution < 1.29 is 0 Å². The number of fused-ring (bicyclic) bond motifs is 3. The molecular weight excluding hydrogens is 449 g/mol. The van der Waals surface area contributed by atoms with E-state index in [0.717, 1.165) is 5.92 Å². The van der Waals surface area contributed by atoms with E-state index < -0.39 is 8.07 Å². The molecule has 0 aromatic carbocycles. The number of hydrogen-bond donors (Lipinski definition) is 0. The summed E-state index contributed by atoms with van der Waals surface area (Å²) in [4.78, 5) is 7.87. The molecule has 0 nitrogen and oxygen atoms in total. The highest BCUT2D eigenvalue weighted by Crippen LogP contribution is 2.42. The molecule has 0 fully saturated rings. The highest BCUT2D eigenvalue weighted by molar-refractivity contribution is 7.38. The molecule has 0 spiro atoms. The number of unbranched alkanes of at least 4 members (excludes halogenated alkanes) is 3. The minimum absolute atomic E-state index is 0.844. The van der Waals surface area contributed by atoms with Crippen molar-refractivity contribution in [3.63, 3.8) is 0 Å². The first-order valence-electron chi connectivity index (χ1n) is 12.3. The average Bonchev–Trinajstić information content (AvgIpc) is 3.50. The molecule has 1 aliphatic rings. The Balaban J connectivity index is 1.82. The average molecular weight is 487 g/mol. The molecule has 1 unspecified atom stereocenters. The Morgan fingerprint density at radius 1 is 0.806 bits per heavy atom. The largest absolute Gasteiger partial charge is 0.164 e. The molecule has 4 heteroatoms. The van der Waals surface area contributed by atoms with Crippen molar-refractivity contribution in [2.45, 2.75) is 92.0 Å². The summed E-state index contributed by atoms with van der Waals surface area (Å²) in [6.45, 7) is 11.7. The Hall–Kier alpha value is -0.683. The molecule has 3 aromatic heterocycles. The van der Waals surface area contributed by atoms with E-state index in [0.29, 0.717) is 0 Å². The van der Waals surface area contributed by atoms with E-state index in [1.54, 1.807) is 29.5 Å². The molecule has 31 heavy (non-hydrogen) atoms. The van der Waals surface area contributed by atoms with Gasteiger partial charge in [-0.25, -0.2) is 0 Å². The zero-order chi connectivity index (χ0) is 22.0. The van der Waals surface area contributed by atoms with Gasteiger partial charge in [-0.05, 0) is 67.2 Å². The SMILES string of the molecule is CCCCCc1ccc([Si]2(CC(CC)CCCC)c3cc(C)sc3-c3sc(C)cc32)s1. The lowest BCUT2D eigenvalue weighted by molar-refractivity contribution is 0.488. The van der Waals surface area contributed by atoms with Crippen LogP contribution >= 0.6 is 34.0 Å². The third kappa shape index (κ3) is 4.42. The van der Waals surface area contributed by atoms with Crippen molar-refractivity contribution in [2.75, 3.05) is 0 Å². The van der Waals surface area contributed by atoms with Crippen LogP contribution in [-0.4, -0.2) is 8.07 Å². The van der Waals surface area contributed by atoms with Crippen LogP contribution in [0.5, 0.6) is 0 Å². The maximum Gasteiger partial charge on any atom is 0.164 e. The van der Waals surface area contributed by atoms with Crippen molar-refractivity contribution >= 4 is 57.0 Å². The normalized spacial score (nSPS) is 15.3. The van der Waals surface area contributed by atoms with Crippen molar-refractivity contribution in [3.05, 3.63) is 38.9 Å². The van der Waals surface area contributed by atoms with E-state index in [1.165, 1.54) is 67.2 Å². The van der Waals surface area contributed by atoms with Gasteiger partial charge in [-0.3, -0.25) is 0 Å². The van der Waals surface area contributed by atoms with Gasteiger partial charge in [0.1, 0.15) is 0 Å². The fourth-order valence-electron chi connectivity index (χ4n) is 5.40. The molecule has 3 aromatic rings. The molecular formula is C27H38S3Si. The van der Waals surface area contributed by atoms with E-state index in [9.17, 15) is 0 Å². The van der Waals surface area contributed by atoms with Crippen molar-refractivity contribution in [3.8, 4) is 9.75 Å². The predicted molar refractivity (Wildman–Crippen MR) is 147 cm³/mol. The number of hydrogen-bond acceptors (Lipinski definition) is 3. The van der Waals surface area contributed by atoms with E-state index in [1.807, 2.05) is 0 Å². The first-order chi connectivity index (χ1) is 15.0. The van der Waals surface area contributed by atoms with Gasteiger partial charge >= 0.3 is 0 Å². The monoisotopic (exact) mass is 486 g/mol. The van der Waals surface area contributed by atoms with Gasteiger partial charge in [0.2, 0.25) is 0 Å². The van der Waals surface area contributed by atoms with E-state index in [4.69, 9.17) is 0 Å². The van der Waals surface area contributed by atoms with Gasteiger partial charge in [0.25, 0.3) is 0 Å². The van der Waals surface area contributed by atoms with Crippen LogP contribution in [0.2, 0.25) is 6.04 Å². The Morgan fingerprint density at radius 3 is 2.03 bits per heavy atom. The van der Waals surface area contributed by atoms with E-state index in [2.05, 4.69) is 92.9 Å². The van der Waals surface area contributed by atoms with Crippen LogP contribution in [0.4, 0.5) is 0 Å². The number of rotatable bonds is 11. The summed E-state index contributed by atoms with van der Waals surface area (Å²) >= 11 is 6.28. The van der Waals surface area contributed by atoms with Crippen LogP contribution in [0.15, 0.2) is 24.3 Å². The van der Waals surface area contributed by atoms with Crippen LogP contribution in [0.3, 0.4) is 0 Å². The smallest absolute Gasteiger partial charge is 0.149 e. The van der Waals surface area contributed by atoms with Gasteiger partial charge in [0.15, 0.2) is 8.07 Å². The highest BCUT2D eigenvalue weighted by Gasteiger charge is 2.51. The third-order valence-corrected chi connectivity index (χ3v) is 16.8. The molecule has 0 bridgehead atoms. The van der Waals surface area contributed by atoms with Gasteiger partial charge in [0.05, 0.1) is 0 Å². The zero-order valence-corrected chi connectivity index (χ0v) is 23.4. The molecule has 0 saturated carbocycles. The van der Waals surface area contributed by atoms with Crippen molar-refractivity contribution in [1.82, 2.24) is 0 Å². The third-order valence-electron chi connectivity index (χ3n) is 7.08. The van der Waals surface area contributed by atoms with Gasteiger partial charge in [-0.15, -0.1) is 34.0 Å². The molecule has 4 heterocycles. The van der Waals surface area contributed by atoms with Gasteiger partial charge in [0, 0.05) is 28.9 Å². The van der Waals surface area contributed by atoms with Crippen LogP contribution in [0, 0.1) is 19.8 Å². The Kier molecular flexibility index (Phi) is 7.63. The van der Waals surface area contributed by atoms with Crippen LogP contribution in [0.1, 0.15) is 80.3 Å². The van der Waals surface area contributed by atoms with E-state index >= 15 is 0 Å². The molecule has 0 N–H and O–H groups in total. The van der Waals surface area contributed by atoms with E-state index in [-0.39, 0.29) is 0 Å². The van der Waals surface area contributed by atoms with Crippen LogP contribution in [0.25, 0.3) is 9.75 Å². The van der Waals surface area contributed by atoms with Gasteiger partial charge in [-0.1, -0.05) is 65.4 Å². The van der Waals surface area contributed by atoms with Gasteiger partial charge in [-0.2, -0.15) is 0 Å². The second kappa shape index (κ2) is 10.1. The molecule has 0 aliphatic carbocycles. The summed E-state index contributed by atoms with van der Waals surface area (Å²) < 4.78 is 1.74. The van der Waals surface area contributed by atoms with Crippen molar-refractivity contribution in [1.29, 1.82) is 0 Å². The standard InChI is InChI=1S/C27H38S3Si/c1-6-9-11-13-22-14-15-25(30-22)31(18-21(8-3)12-10-7-2)23-16-19(4)28-26(23)27-24(31)17-20(5)29-27/h14-17,21H,6-13,18H2,1-5H3. The zero-order valence-electron chi connectivity index (χ0n) is 20.0. The number of aryl methyl sites for hydroxylation is 3. The maximum absolute atomic E-state index is 2.59. The molecule has 0 amide bonds. The summed E-state index contributed by atoms with van der Waals surface area (Å²) in [7, 11) is -1.93. The van der Waals surface area contributed by atoms with Crippen LogP contribution < -0.4 is 14.9 Å². The minimum Gasteiger partial charge on any atom is -0.149 e. The fourth-order valence-corrected chi connectivity index (χ4v) is 17.1. The topological polar surface area (TPSA) is 0 Å². The Labute approximate surface area is 202 Å². The molecule has 168 valence electrons. The lowest BCUT2D eigenvalue weighted by atomic mass is 10.0. The van der Waals surface area contributed by atoms with Gasteiger partial charge < -0.3 is 0 Å². The summed E-state index contributed by atoms with van der Waals surface area (Å²) in [6.07, 6.45) is 10.7. The van der Waals surface area contributed by atoms with Crippen LogP contribution in [-0.2, 0) is 6.42 Å². The fraction of sp³-hybridized carbons (Fsp3) is 0.556. The second-order valence-corrected chi connectivity index (χ2v) is 17.3. The summed E-state index contributed by atoms with van der Waals surface area (Å²) in [6, 6.07) is 11.6. The molecule has 0 saturated heterocycles. The summed E-state index contributed by atoms with van der Waals surface area (Å²) in [5, 5.41) is 3.52. The summed E-state index contributed by atoms with van der Waals surface area (Å²) in [5.74, 6) is 0.844. The van der Waals surface area contributed by atoms with Crippen molar-refractivity contribution in [2.24, 2.45) is 5.92 Å². The summed E-state index contributed by atoms with van der Waals surface area (Å²) in [5.41, 5.74) is 0. The lowest BCUT2D eigenvalue weighted by Gasteiger charge is -2.31. The Bertz CT molecular complexity index is 960.